The highest BCUT2D eigenvalue weighted by Gasteiger charge is 2.07. The number of pyridine rings is 1. The number of halogens is 1. The van der Waals surface area contributed by atoms with E-state index in [0.717, 1.165) is 11.1 Å². The van der Waals surface area contributed by atoms with E-state index in [1.165, 1.54) is 0 Å². The SMILES string of the molecule is OC(Cc1ccc(Cl)cc1)c1cccnc1. The first-order valence-corrected chi connectivity index (χ1v) is 5.46. The number of aliphatic hydroxyl groups is 1. The Balaban J connectivity index is 2.08. The summed E-state index contributed by atoms with van der Waals surface area (Å²) >= 11 is 5.79. The highest BCUT2D eigenvalue weighted by atomic mass is 35.5. The van der Waals surface area contributed by atoms with Crippen molar-refractivity contribution in [1.82, 2.24) is 4.98 Å². The zero-order chi connectivity index (χ0) is 11.4. The number of aromatic nitrogens is 1. The van der Waals surface area contributed by atoms with Gasteiger partial charge in [0.05, 0.1) is 6.10 Å². The molecule has 0 spiro atoms. The summed E-state index contributed by atoms with van der Waals surface area (Å²) in [6, 6.07) is 11.2. The summed E-state index contributed by atoms with van der Waals surface area (Å²) < 4.78 is 0. The number of nitrogens with zero attached hydrogens (tertiary/aromatic N) is 1. The summed E-state index contributed by atoms with van der Waals surface area (Å²) in [4.78, 5) is 3.98. The van der Waals surface area contributed by atoms with Gasteiger partial charge in [-0.2, -0.15) is 0 Å². The van der Waals surface area contributed by atoms with Crippen LogP contribution in [0.4, 0.5) is 0 Å². The summed E-state index contributed by atoms with van der Waals surface area (Å²) in [7, 11) is 0. The van der Waals surface area contributed by atoms with Crippen LogP contribution in [-0.4, -0.2) is 10.1 Å². The third-order valence-electron chi connectivity index (χ3n) is 2.41. The Morgan fingerprint density at radius 1 is 1.19 bits per heavy atom. The van der Waals surface area contributed by atoms with Crippen molar-refractivity contribution in [2.45, 2.75) is 12.5 Å². The lowest BCUT2D eigenvalue weighted by atomic mass is 10.0. The van der Waals surface area contributed by atoms with Crippen LogP contribution in [0, 0.1) is 0 Å². The first-order valence-electron chi connectivity index (χ1n) is 5.08. The number of hydrogen-bond acceptors (Lipinski definition) is 2. The van der Waals surface area contributed by atoms with E-state index in [9.17, 15) is 5.11 Å². The lowest BCUT2D eigenvalue weighted by Crippen LogP contribution is -2.01. The molecule has 0 aliphatic heterocycles. The molecule has 1 unspecified atom stereocenters. The monoisotopic (exact) mass is 233 g/mol. The molecule has 16 heavy (non-hydrogen) atoms. The molecule has 1 heterocycles. The minimum atomic E-state index is -0.519. The Morgan fingerprint density at radius 2 is 1.94 bits per heavy atom. The zero-order valence-corrected chi connectivity index (χ0v) is 9.43. The molecule has 1 N–H and O–H groups in total. The molecule has 3 heteroatoms. The largest absolute Gasteiger partial charge is 0.388 e. The summed E-state index contributed by atoms with van der Waals surface area (Å²) in [6.07, 6.45) is 3.43. The molecule has 0 bridgehead atoms. The lowest BCUT2D eigenvalue weighted by Gasteiger charge is -2.10. The molecule has 0 radical (unpaired) electrons. The van der Waals surface area contributed by atoms with Gasteiger partial charge in [0.2, 0.25) is 0 Å². The second-order valence-electron chi connectivity index (χ2n) is 3.63. The summed E-state index contributed by atoms with van der Waals surface area (Å²) in [5.74, 6) is 0. The molecular formula is C13H12ClNO. The molecule has 0 saturated carbocycles. The van der Waals surface area contributed by atoms with Crippen LogP contribution in [-0.2, 0) is 6.42 Å². The van der Waals surface area contributed by atoms with Crippen molar-refractivity contribution in [2.24, 2.45) is 0 Å². The second kappa shape index (κ2) is 5.10. The molecule has 0 aliphatic carbocycles. The van der Waals surface area contributed by atoms with Gasteiger partial charge in [-0.15, -0.1) is 0 Å². The van der Waals surface area contributed by atoms with Gasteiger partial charge in [0.15, 0.2) is 0 Å². The molecule has 1 aromatic heterocycles. The molecule has 2 nitrogen and oxygen atoms in total. The molecular weight excluding hydrogens is 222 g/mol. The predicted octanol–water partition coefficient (Wildman–Crippen LogP) is 3.01. The molecule has 0 fully saturated rings. The van der Waals surface area contributed by atoms with Crippen molar-refractivity contribution in [3.63, 3.8) is 0 Å². The van der Waals surface area contributed by atoms with Crippen molar-refractivity contribution in [3.8, 4) is 0 Å². The van der Waals surface area contributed by atoms with Gasteiger partial charge in [-0.25, -0.2) is 0 Å². The number of hydrogen-bond donors (Lipinski definition) is 1. The van der Waals surface area contributed by atoms with Gasteiger partial charge in [0.25, 0.3) is 0 Å². The lowest BCUT2D eigenvalue weighted by molar-refractivity contribution is 0.178. The highest BCUT2D eigenvalue weighted by Crippen LogP contribution is 2.18. The van der Waals surface area contributed by atoms with E-state index in [4.69, 9.17) is 11.6 Å². The third kappa shape index (κ3) is 2.81. The fraction of sp³-hybridized carbons (Fsp3) is 0.154. The average molecular weight is 234 g/mol. The van der Waals surface area contributed by atoms with Crippen LogP contribution in [0.1, 0.15) is 17.2 Å². The Bertz CT molecular complexity index is 441. The summed E-state index contributed by atoms with van der Waals surface area (Å²) in [5.41, 5.74) is 1.89. The molecule has 1 aromatic carbocycles. The van der Waals surface area contributed by atoms with Crippen molar-refractivity contribution < 1.29 is 5.11 Å². The summed E-state index contributed by atoms with van der Waals surface area (Å²) in [5, 5.41) is 10.7. The molecule has 2 aromatic rings. The standard InChI is InChI=1S/C13H12ClNO/c14-12-5-3-10(4-6-12)8-13(16)11-2-1-7-15-9-11/h1-7,9,13,16H,8H2. The van der Waals surface area contributed by atoms with Crippen molar-refractivity contribution >= 4 is 11.6 Å². The van der Waals surface area contributed by atoms with Crippen LogP contribution in [0.2, 0.25) is 5.02 Å². The molecule has 2 rings (SSSR count). The van der Waals surface area contributed by atoms with Gasteiger partial charge in [-0.3, -0.25) is 4.98 Å². The van der Waals surface area contributed by atoms with Gasteiger partial charge in [0.1, 0.15) is 0 Å². The van der Waals surface area contributed by atoms with Crippen molar-refractivity contribution in [3.05, 3.63) is 64.9 Å². The van der Waals surface area contributed by atoms with Gasteiger partial charge in [-0.05, 0) is 29.3 Å². The maximum Gasteiger partial charge on any atom is 0.0845 e. The van der Waals surface area contributed by atoms with Crippen LogP contribution in [0.5, 0.6) is 0 Å². The second-order valence-corrected chi connectivity index (χ2v) is 4.07. The fourth-order valence-electron chi connectivity index (χ4n) is 1.53. The quantitative estimate of drug-likeness (QED) is 0.884. The van der Waals surface area contributed by atoms with Crippen LogP contribution in [0.15, 0.2) is 48.8 Å². The topological polar surface area (TPSA) is 33.1 Å². The fourth-order valence-corrected chi connectivity index (χ4v) is 1.66. The first kappa shape index (κ1) is 11.1. The van der Waals surface area contributed by atoms with Crippen LogP contribution in [0.3, 0.4) is 0 Å². The Labute approximate surface area is 99.5 Å². The van der Waals surface area contributed by atoms with E-state index in [1.54, 1.807) is 12.4 Å². The van der Waals surface area contributed by atoms with Crippen LogP contribution >= 0.6 is 11.6 Å². The first-order chi connectivity index (χ1) is 7.75. The number of benzene rings is 1. The van der Waals surface area contributed by atoms with E-state index >= 15 is 0 Å². The molecule has 0 saturated heterocycles. The average Bonchev–Trinajstić information content (AvgIpc) is 2.33. The Morgan fingerprint density at radius 3 is 2.56 bits per heavy atom. The van der Waals surface area contributed by atoms with Crippen molar-refractivity contribution in [1.29, 1.82) is 0 Å². The van der Waals surface area contributed by atoms with Gasteiger partial charge in [0, 0.05) is 23.8 Å². The molecule has 82 valence electrons. The smallest absolute Gasteiger partial charge is 0.0845 e. The van der Waals surface area contributed by atoms with Gasteiger partial charge >= 0.3 is 0 Å². The minimum absolute atomic E-state index is 0.519. The van der Waals surface area contributed by atoms with Gasteiger partial charge in [-0.1, -0.05) is 29.8 Å². The van der Waals surface area contributed by atoms with Gasteiger partial charge < -0.3 is 5.11 Å². The maximum atomic E-state index is 9.97. The van der Waals surface area contributed by atoms with E-state index < -0.39 is 6.10 Å². The summed E-state index contributed by atoms with van der Waals surface area (Å²) in [6.45, 7) is 0. The number of aliphatic hydroxyl groups excluding tert-OH is 1. The minimum Gasteiger partial charge on any atom is -0.388 e. The van der Waals surface area contributed by atoms with E-state index in [2.05, 4.69) is 4.98 Å². The van der Waals surface area contributed by atoms with Crippen LogP contribution < -0.4 is 0 Å². The zero-order valence-electron chi connectivity index (χ0n) is 8.68. The van der Waals surface area contributed by atoms with E-state index in [0.29, 0.717) is 11.4 Å². The highest BCUT2D eigenvalue weighted by molar-refractivity contribution is 6.30. The van der Waals surface area contributed by atoms with E-state index in [-0.39, 0.29) is 0 Å². The molecule has 1 atom stereocenters. The third-order valence-corrected chi connectivity index (χ3v) is 2.66. The maximum absolute atomic E-state index is 9.97. The molecule has 0 aliphatic rings. The normalized spacial score (nSPS) is 12.4. The Kier molecular flexibility index (Phi) is 3.54. The molecule has 0 amide bonds. The Hall–Kier alpha value is -1.38. The van der Waals surface area contributed by atoms with E-state index in [1.807, 2.05) is 36.4 Å². The predicted molar refractivity (Wildman–Crippen MR) is 64.4 cm³/mol. The van der Waals surface area contributed by atoms with Crippen LogP contribution in [0.25, 0.3) is 0 Å². The number of rotatable bonds is 3. The van der Waals surface area contributed by atoms with Crippen molar-refractivity contribution in [2.75, 3.05) is 0 Å².